The lowest BCUT2D eigenvalue weighted by Gasteiger charge is -2.39. The number of carbonyl (C=O) groups excluding carboxylic acids is 4. The molecule has 21 nitrogen and oxygen atoms in total. The van der Waals surface area contributed by atoms with Crippen molar-refractivity contribution < 1.29 is 76.4 Å². The third kappa shape index (κ3) is 12.7. The number of aliphatic hydroxyl groups is 3. The van der Waals surface area contributed by atoms with Crippen LogP contribution in [0.25, 0.3) is 0 Å². The molecule has 2 heterocycles. The minimum absolute atomic E-state index is 0.0774. The molecule has 0 saturated carbocycles. The zero-order valence-corrected chi connectivity index (χ0v) is 27.9. The highest BCUT2D eigenvalue weighted by molar-refractivity contribution is 7.85. The topological polar surface area (TPSA) is 314 Å². The fourth-order valence-corrected chi connectivity index (χ4v) is 5.79. The highest BCUT2D eigenvalue weighted by Gasteiger charge is 2.48. The van der Waals surface area contributed by atoms with E-state index in [0.29, 0.717) is 24.8 Å². The number of nitrogens with zero attached hydrogens (tertiary/aromatic N) is 2. The van der Waals surface area contributed by atoms with Gasteiger partial charge in [0.15, 0.2) is 11.4 Å². The summed E-state index contributed by atoms with van der Waals surface area (Å²) in [5.41, 5.74) is 0.459. The highest BCUT2D eigenvalue weighted by atomic mass is 32.2. The van der Waals surface area contributed by atoms with E-state index in [4.69, 9.17) is 14.2 Å². The first-order chi connectivity index (χ1) is 24.1. The number of rotatable bonds is 21. The molecule has 2 aliphatic heterocycles. The van der Waals surface area contributed by atoms with Crippen LogP contribution in [0, 0.1) is 4.91 Å². The summed E-state index contributed by atoms with van der Waals surface area (Å²) in [4.78, 5) is 75.9. The Morgan fingerprint density at radius 2 is 1.73 bits per heavy atom. The maximum Gasteiger partial charge on any atom is 0.335 e. The van der Waals surface area contributed by atoms with E-state index in [2.05, 4.69) is 20.8 Å². The van der Waals surface area contributed by atoms with E-state index < -0.39 is 82.2 Å². The molecule has 0 spiro atoms. The maximum atomic E-state index is 12.7. The van der Waals surface area contributed by atoms with Gasteiger partial charge in [-0.2, -0.15) is 8.42 Å². The van der Waals surface area contributed by atoms with Crippen LogP contribution in [0.15, 0.2) is 40.7 Å². The van der Waals surface area contributed by atoms with Gasteiger partial charge in [-0.1, -0.05) is 6.42 Å². The van der Waals surface area contributed by atoms with E-state index in [1.807, 2.05) is 0 Å². The average Bonchev–Trinajstić information content (AvgIpc) is 3.39. The summed E-state index contributed by atoms with van der Waals surface area (Å²) in [5, 5.41) is 46.5. The first-order valence-corrected chi connectivity index (χ1v) is 17.4. The number of carboxylic acid groups (broad SMARTS) is 1. The van der Waals surface area contributed by atoms with Crippen molar-refractivity contribution in [1.29, 1.82) is 0 Å². The predicted octanol–water partition coefficient (Wildman–Crippen LogP) is -2.09. The Hall–Kier alpha value is -4.48. The van der Waals surface area contributed by atoms with Crippen molar-refractivity contribution in [3.8, 4) is 0 Å². The Morgan fingerprint density at radius 1 is 1.02 bits per heavy atom. The van der Waals surface area contributed by atoms with Crippen LogP contribution in [0.4, 0.5) is 0 Å². The monoisotopic (exact) mass is 748 g/mol. The molecule has 1 aliphatic carbocycles. The van der Waals surface area contributed by atoms with Gasteiger partial charge in [0.2, 0.25) is 18.1 Å². The maximum absolute atomic E-state index is 12.7. The van der Waals surface area contributed by atoms with E-state index in [0.717, 1.165) is 17.1 Å². The smallest absolute Gasteiger partial charge is 0.335 e. The van der Waals surface area contributed by atoms with Gasteiger partial charge in [-0.25, -0.2) is 4.79 Å². The molecule has 1 saturated heterocycles. The second-order valence-electron chi connectivity index (χ2n) is 11.6. The molecule has 0 unspecified atom stereocenters. The molecule has 0 bridgehead atoms. The number of amides is 4. The Morgan fingerprint density at radius 3 is 2.37 bits per heavy atom. The number of carboxylic acids is 1. The lowest BCUT2D eigenvalue weighted by molar-refractivity contribution is -0.285. The van der Waals surface area contributed by atoms with Crippen LogP contribution in [0.1, 0.15) is 44.9 Å². The Bertz CT molecular complexity index is 1500. The molecule has 7 N–H and O–H groups in total. The van der Waals surface area contributed by atoms with Gasteiger partial charge in [0.05, 0.1) is 6.61 Å². The SMILES string of the molecule is O=NOCC1=C(OCCCNC(=O)[C@H](CS(=O)(=O)O)NC(=O)CCCCCN2C(=O)C=CC2=O)C=C(O[C@@H]2O[C@H](C(=O)O)[C@@H](O)[C@H](O)[C@H]2O)CC1. The molecule has 0 aromatic carbocycles. The van der Waals surface area contributed by atoms with Crippen LogP contribution in [-0.2, 0) is 53.1 Å². The molecule has 3 aliphatic rings. The molecule has 22 heteroatoms. The van der Waals surface area contributed by atoms with Crippen LogP contribution in [0.5, 0.6) is 0 Å². The Balaban J connectivity index is 1.49. The number of ether oxygens (including phenoxy) is 3. The molecule has 51 heavy (non-hydrogen) atoms. The summed E-state index contributed by atoms with van der Waals surface area (Å²) < 4.78 is 48.8. The van der Waals surface area contributed by atoms with Crippen molar-refractivity contribution in [3.63, 3.8) is 0 Å². The van der Waals surface area contributed by atoms with Crippen molar-refractivity contribution in [3.05, 3.63) is 40.2 Å². The van der Waals surface area contributed by atoms with E-state index in [-0.39, 0.29) is 63.5 Å². The summed E-state index contributed by atoms with van der Waals surface area (Å²) in [6.07, 6.45) is -3.98. The van der Waals surface area contributed by atoms with Gasteiger partial charge in [-0.15, -0.1) is 4.91 Å². The molecule has 284 valence electrons. The first kappa shape index (κ1) is 40.9. The fraction of sp³-hybridized carbons (Fsp3) is 0.621. The molecule has 6 atom stereocenters. The third-order valence-corrected chi connectivity index (χ3v) is 8.53. The number of aliphatic hydroxyl groups excluding tert-OH is 3. The number of carbonyl (C=O) groups is 5. The fourth-order valence-electron chi connectivity index (χ4n) is 5.13. The first-order valence-electron chi connectivity index (χ1n) is 15.8. The van der Waals surface area contributed by atoms with Gasteiger partial charge >= 0.3 is 5.97 Å². The number of hydrogen-bond donors (Lipinski definition) is 7. The van der Waals surface area contributed by atoms with Crippen molar-refractivity contribution >= 4 is 39.7 Å². The van der Waals surface area contributed by atoms with Gasteiger partial charge in [0, 0.05) is 49.7 Å². The highest BCUT2D eigenvalue weighted by Crippen LogP contribution is 2.30. The molecular weight excluding hydrogens is 708 g/mol. The minimum atomic E-state index is -4.68. The largest absolute Gasteiger partial charge is 0.493 e. The summed E-state index contributed by atoms with van der Waals surface area (Å²) in [6, 6.07) is -1.62. The molecule has 3 rings (SSSR count). The lowest BCUT2D eigenvalue weighted by Crippen LogP contribution is -2.60. The lowest BCUT2D eigenvalue weighted by atomic mass is 9.98. The van der Waals surface area contributed by atoms with E-state index in [9.17, 15) is 62.3 Å². The quantitative estimate of drug-likeness (QED) is 0.0217. The number of unbranched alkanes of at least 4 members (excludes halogenated alkanes) is 2. The summed E-state index contributed by atoms with van der Waals surface area (Å²) >= 11 is 0. The standard InChI is InChI=1S/C29H40N4O17S/c34-20(5-2-1-3-11-33-21(35)8-9-22(33)36)31-18(15-51(44,45)46)27(40)30-10-4-12-47-19-13-17(7-6-16(19)14-48-32-43)49-29-25(39)23(37)24(38)26(50-29)28(41)42/h8-9,13,18,23-26,29,37-39H,1-7,10-12,14-15H2,(H,30,40)(H,31,34)(H,41,42)(H,44,45,46)/t18-,23-,24-,25+,26-,29+/m0/s1. The zero-order chi connectivity index (χ0) is 37.7. The number of aliphatic carboxylic acids is 1. The number of nitrogens with one attached hydrogen (secondary N) is 2. The van der Waals surface area contributed by atoms with Crippen molar-refractivity contribution in [2.45, 2.75) is 81.7 Å². The normalized spacial score (nSPS) is 24.1. The molecule has 0 aromatic heterocycles. The zero-order valence-electron chi connectivity index (χ0n) is 27.1. The second kappa shape index (κ2) is 19.2. The minimum Gasteiger partial charge on any atom is -0.493 e. The van der Waals surface area contributed by atoms with Crippen molar-refractivity contribution in [1.82, 2.24) is 15.5 Å². The average molecular weight is 749 g/mol. The Labute approximate surface area is 290 Å². The van der Waals surface area contributed by atoms with E-state index in [1.165, 1.54) is 6.08 Å². The van der Waals surface area contributed by atoms with E-state index in [1.54, 1.807) is 0 Å². The van der Waals surface area contributed by atoms with Gasteiger partial charge in [-0.05, 0) is 25.7 Å². The molecule has 0 radical (unpaired) electrons. The molecule has 0 aromatic rings. The summed E-state index contributed by atoms with van der Waals surface area (Å²) in [7, 11) is -4.68. The van der Waals surface area contributed by atoms with Crippen molar-refractivity contribution in [2.24, 2.45) is 5.34 Å². The van der Waals surface area contributed by atoms with Gasteiger partial charge in [0.1, 0.15) is 48.2 Å². The molecular formula is C29H40N4O17S. The van der Waals surface area contributed by atoms with Gasteiger partial charge in [0.25, 0.3) is 21.9 Å². The van der Waals surface area contributed by atoms with Crippen LogP contribution in [0.3, 0.4) is 0 Å². The number of hydrogen-bond acceptors (Lipinski definition) is 16. The Kier molecular flexibility index (Phi) is 15.4. The van der Waals surface area contributed by atoms with Crippen molar-refractivity contribution in [2.75, 3.05) is 32.1 Å². The van der Waals surface area contributed by atoms with Gasteiger partial charge < -0.3 is 50.1 Å². The van der Waals surface area contributed by atoms with Crippen LogP contribution in [-0.4, -0.2) is 137 Å². The number of imide groups is 1. The third-order valence-electron chi connectivity index (χ3n) is 7.78. The van der Waals surface area contributed by atoms with Crippen LogP contribution < -0.4 is 10.6 Å². The summed E-state index contributed by atoms with van der Waals surface area (Å²) in [6.45, 7) is -0.255. The predicted molar refractivity (Wildman–Crippen MR) is 168 cm³/mol. The second-order valence-corrected chi connectivity index (χ2v) is 13.1. The van der Waals surface area contributed by atoms with Crippen LogP contribution >= 0.6 is 0 Å². The molecule has 1 fully saturated rings. The van der Waals surface area contributed by atoms with Crippen LogP contribution in [0.2, 0.25) is 0 Å². The number of allylic oxidation sites excluding steroid dienone is 2. The van der Waals surface area contributed by atoms with Gasteiger partial charge in [-0.3, -0.25) is 28.6 Å². The van der Waals surface area contributed by atoms with E-state index >= 15 is 0 Å². The summed E-state index contributed by atoms with van der Waals surface area (Å²) in [5.74, 6) is -4.85. The molecule has 4 amide bonds.